The third-order valence-electron chi connectivity index (χ3n) is 11.3. The van der Waals surface area contributed by atoms with Gasteiger partial charge in [-0.15, -0.1) is 0 Å². The molecule has 15 nitrogen and oxygen atoms in total. The van der Waals surface area contributed by atoms with E-state index in [1.165, 1.54) is 13.0 Å². The highest BCUT2D eigenvalue weighted by Gasteiger charge is 2.45. The van der Waals surface area contributed by atoms with Gasteiger partial charge >= 0.3 is 0 Å². The van der Waals surface area contributed by atoms with E-state index in [1.54, 1.807) is 40.9 Å². The molecule has 1 saturated carbocycles. The van der Waals surface area contributed by atoms with E-state index in [1.807, 2.05) is 12.1 Å². The molecular weight excluding hydrogens is 704 g/mol. The molecule has 4 aliphatic rings. The van der Waals surface area contributed by atoms with Crippen molar-refractivity contribution >= 4 is 52.0 Å². The molecule has 0 spiro atoms. The lowest BCUT2D eigenvalue weighted by Crippen LogP contribution is -2.54. The van der Waals surface area contributed by atoms with E-state index in [-0.39, 0.29) is 59.2 Å². The number of piperazine rings is 1. The van der Waals surface area contributed by atoms with Gasteiger partial charge in [0.1, 0.15) is 17.5 Å². The summed E-state index contributed by atoms with van der Waals surface area (Å²) in [6, 6.07) is 7.61. The maximum Gasteiger partial charge on any atom is 0.263 e. The fourth-order valence-electron chi connectivity index (χ4n) is 8.46. The van der Waals surface area contributed by atoms with Crippen LogP contribution in [-0.4, -0.2) is 96.9 Å². The Morgan fingerprint density at radius 1 is 0.891 bits per heavy atom. The number of anilines is 1. The largest absolute Gasteiger partial charge is 0.367 e. The molecule has 6 heterocycles. The first-order valence-corrected chi connectivity index (χ1v) is 18.7. The zero-order chi connectivity index (χ0) is 38.5. The molecule has 4 aromatic rings. The molecule has 3 aromatic heterocycles. The Kier molecular flexibility index (Phi) is 9.31. The summed E-state index contributed by atoms with van der Waals surface area (Å²) < 4.78 is 1.71. The summed E-state index contributed by atoms with van der Waals surface area (Å²) in [4.78, 5) is 109. The number of piperidine rings is 1. The number of amides is 5. The number of carbonyl (C=O) groups is 6. The number of pyridine rings is 2. The number of rotatable bonds is 8. The van der Waals surface area contributed by atoms with Crippen molar-refractivity contribution in [3.63, 3.8) is 0 Å². The molecule has 3 aliphatic heterocycles. The highest BCUT2D eigenvalue weighted by Crippen LogP contribution is 2.33. The van der Waals surface area contributed by atoms with Crippen molar-refractivity contribution < 1.29 is 28.8 Å². The number of ketones is 1. The molecule has 55 heavy (non-hydrogen) atoms. The standard InChI is InChI=1S/C40H40N8O7/c1-22-29-21-42-31(43-36(29)47(26-7-3-4-8-26)39(54)34(22)23(2)49)19-25-10-11-27(20-41-25)45-14-16-46(17-15-45)33(51)18-24-6-5-9-28-35(24)40(55)48(38(28)53)30-12-13-32(50)44-37(30)52/h5-6,9-11,20-21,26,30H,3-4,7-8,12-19H2,1-2H3,(H,44,50,52). The van der Waals surface area contributed by atoms with Crippen molar-refractivity contribution in [1.29, 1.82) is 0 Å². The van der Waals surface area contributed by atoms with Gasteiger partial charge in [-0.2, -0.15) is 0 Å². The Morgan fingerprint density at radius 3 is 2.35 bits per heavy atom. The Bertz CT molecular complexity index is 2360. The van der Waals surface area contributed by atoms with Crippen LogP contribution in [0.1, 0.15) is 105 Å². The Balaban J connectivity index is 0.916. The van der Waals surface area contributed by atoms with Crippen molar-refractivity contribution in [1.82, 2.24) is 34.6 Å². The average Bonchev–Trinajstić information content (AvgIpc) is 3.78. The van der Waals surface area contributed by atoms with Gasteiger partial charge in [-0.1, -0.05) is 25.0 Å². The molecule has 1 N–H and O–H groups in total. The fraction of sp³-hybridized carbons (Fsp3) is 0.400. The number of benzene rings is 1. The predicted molar refractivity (Wildman–Crippen MR) is 199 cm³/mol. The maximum atomic E-state index is 13.6. The molecule has 8 rings (SSSR count). The van der Waals surface area contributed by atoms with Crippen LogP contribution in [-0.2, 0) is 27.2 Å². The van der Waals surface area contributed by atoms with Gasteiger partial charge in [-0.05, 0) is 62.4 Å². The van der Waals surface area contributed by atoms with E-state index in [0.29, 0.717) is 60.6 Å². The zero-order valence-electron chi connectivity index (χ0n) is 30.7. The van der Waals surface area contributed by atoms with Crippen molar-refractivity contribution in [2.75, 3.05) is 31.1 Å². The molecule has 0 radical (unpaired) electrons. The lowest BCUT2D eigenvalue weighted by atomic mass is 9.99. The van der Waals surface area contributed by atoms with E-state index in [9.17, 15) is 33.6 Å². The van der Waals surface area contributed by atoms with Gasteiger partial charge in [0.2, 0.25) is 17.7 Å². The van der Waals surface area contributed by atoms with Crippen LogP contribution < -0.4 is 15.8 Å². The van der Waals surface area contributed by atoms with Gasteiger partial charge in [0.05, 0.1) is 41.4 Å². The monoisotopic (exact) mass is 744 g/mol. The molecule has 1 atom stereocenters. The van der Waals surface area contributed by atoms with E-state index in [2.05, 4.69) is 20.2 Å². The summed E-state index contributed by atoms with van der Waals surface area (Å²) in [6.45, 7) is 5.22. The van der Waals surface area contributed by atoms with E-state index in [4.69, 9.17) is 4.98 Å². The zero-order valence-corrected chi connectivity index (χ0v) is 30.7. The number of imide groups is 2. The number of aromatic nitrogens is 4. The van der Waals surface area contributed by atoms with Crippen LogP contribution in [0.3, 0.4) is 0 Å². The normalized spacial score (nSPS) is 19.0. The Labute approximate surface area is 315 Å². The number of fused-ring (bicyclic) bond motifs is 2. The third-order valence-corrected chi connectivity index (χ3v) is 11.3. The number of carbonyl (C=O) groups excluding carboxylic acids is 6. The summed E-state index contributed by atoms with van der Waals surface area (Å²) in [6.07, 6.45) is 7.64. The van der Waals surface area contributed by atoms with Gasteiger partial charge in [0.15, 0.2) is 5.78 Å². The van der Waals surface area contributed by atoms with Crippen molar-refractivity contribution in [2.24, 2.45) is 0 Å². The SMILES string of the molecule is CC(=O)c1c(C)c2cnc(Cc3ccc(N4CCN(C(=O)Cc5cccc6c5C(=O)N(C5CCC(=O)NC5=O)C6=O)CC4)cn3)nc2n(C2CCCC2)c1=O. The van der Waals surface area contributed by atoms with Crippen molar-refractivity contribution in [2.45, 2.75) is 77.3 Å². The minimum absolute atomic E-state index is 0.00336. The van der Waals surface area contributed by atoms with E-state index >= 15 is 0 Å². The number of aryl methyl sites for hydroxylation is 1. The van der Waals surface area contributed by atoms with Crippen molar-refractivity contribution in [3.05, 3.63) is 92.4 Å². The molecule has 282 valence electrons. The second-order valence-corrected chi connectivity index (χ2v) is 14.7. The maximum absolute atomic E-state index is 13.6. The van der Waals surface area contributed by atoms with Gasteiger partial charge in [-0.3, -0.25) is 53.3 Å². The molecule has 1 aromatic carbocycles. The van der Waals surface area contributed by atoms with Crippen LogP contribution >= 0.6 is 0 Å². The first kappa shape index (κ1) is 35.9. The highest BCUT2D eigenvalue weighted by molar-refractivity contribution is 6.24. The topological polar surface area (TPSA) is 185 Å². The van der Waals surface area contributed by atoms with Gasteiger partial charge in [-0.25, -0.2) is 9.97 Å². The second-order valence-electron chi connectivity index (χ2n) is 14.7. The van der Waals surface area contributed by atoms with E-state index < -0.39 is 29.7 Å². The van der Waals surface area contributed by atoms with Crippen LogP contribution in [0.4, 0.5) is 5.69 Å². The van der Waals surface area contributed by atoms with Crippen LogP contribution in [0, 0.1) is 6.92 Å². The van der Waals surface area contributed by atoms with Gasteiger partial charge in [0, 0.05) is 55.9 Å². The van der Waals surface area contributed by atoms with Crippen LogP contribution in [0.5, 0.6) is 0 Å². The third kappa shape index (κ3) is 6.46. The Hall–Kier alpha value is -6.12. The minimum atomic E-state index is -1.08. The van der Waals surface area contributed by atoms with Crippen LogP contribution in [0.2, 0.25) is 0 Å². The molecule has 1 unspecified atom stereocenters. The molecule has 5 amide bonds. The van der Waals surface area contributed by atoms with E-state index in [0.717, 1.165) is 42.0 Å². The molecular formula is C40H40N8O7. The molecule has 1 aliphatic carbocycles. The highest BCUT2D eigenvalue weighted by atomic mass is 16.2. The summed E-state index contributed by atoms with van der Waals surface area (Å²) in [5.74, 6) is -2.27. The first-order chi connectivity index (χ1) is 26.5. The molecule has 2 saturated heterocycles. The van der Waals surface area contributed by atoms with Crippen molar-refractivity contribution in [3.8, 4) is 0 Å². The molecule has 15 heteroatoms. The van der Waals surface area contributed by atoms with Crippen LogP contribution in [0.25, 0.3) is 11.0 Å². The number of nitrogens with one attached hydrogen (secondary N) is 1. The number of nitrogens with zero attached hydrogens (tertiary/aromatic N) is 7. The lowest BCUT2D eigenvalue weighted by Gasteiger charge is -2.36. The number of hydrogen-bond donors (Lipinski definition) is 1. The number of hydrogen-bond acceptors (Lipinski definition) is 11. The smallest absolute Gasteiger partial charge is 0.263 e. The average molecular weight is 745 g/mol. The fourth-order valence-corrected chi connectivity index (χ4v) is 8.46. The minimum Gasteiger partial charge on any atom is -0.367 e. The summed E-state index contributed by atoms with van der Waals surface area (Å²) in [7, 11) is 0. The van der Waals surface area contributed by atoms with Crippen LogP contribution in [0.15, 0.2) is 47.5 Å². The van der Waals surface area contributed by atoms with Gasteiger partial charge in [0.25, 0.3) is 17.4 Å². The molecule has 0 bridgehead atoms. The predicted octanol–water partition coefficient (Wildman–Crippen LogP) is 2.70. The molecule has 3 fully saturated rings. The summed E-state index contributed by atoms with van der Waals surface area (Å²) in [5, 5.41) is 2.90. The summed E-state index contributed by atoms with van der Waals surface area (Å²) in [5.41, 5.74) is 3.43. The second kappa shape index (κ2) is 14.3. The number of Topliss-reactive ketones (excluding diaryl/α,β-unsaturated/α-hetero) is 1. The summed E-state index contributed by atoms with van der Waals surface area (Å²) >= 11 is 0. The first-order valence-electron chi connectivity index (χ1n) is 18.7. The van der Waals surface area contributed by atoms with Gasteiger partial charge < -0.3 is 9.80 Å². The Morgan fingerprint density at radius 2 is 1.65 bits per heavy atom. The quantitative estimate of drug-likeness (QED) is 0.207. The lowest BCUT2D eigenvalue weighted by molar-refractivity contribution is -0.136.